The normalized spacial score (nSPS) is 21.4. The molecule has 80 valence electrons. The van der Waals surface area contributed by atoms with E-state index in [0.717, 1.165) is 26.1 Å². The first-order valence-corrected chi connectivity index (χ1v) is 5.06. The summed E-state index contributed by atoms with van der Waals surface area (Å²) in [5, 5.41) is 9.27. The first-order valence-electron chi connectivity index (χ1n) is 5.06. The molecule has 0 aromatic heterocycles. The van der Waals surface area contributed by atoms with Gasteiger partial charge < -0.3 is 9.64 Å². The highest BCUT2D eigenvalue weighted by Gasteiger charge is 2.52. The fourth-order valence-corrected chi connectivity index (χ4v) is 2.12. The van der Waals surface area contributed by atoms with Gasteiger partial charge in [0, 0.05) is 26.8 Å². The van der Waals surface area contributed by atoms with Gasteiger partial charge in [0.05, 0.1) is 11.5 Å². The topological polar surface area (TPSA) is 36.3 Å². The van der Waals surface area contributed by atoms with E-state index in [-0.39, 0.29) is 10.8 Å². The largest absolute Gasteiger partial charge is 0.385 e. The fourth-order valence-electron chi connectivity index (χ4n) is 2.12. The maximum atomic E-state index is 9.27. The maximum Gasteiger partial charge on any atom is 0.0878 e. The molecule has 3 heteroatoms. The lowest BCUT2D eigenvalue weighted by atomic mass is 9.60. The number of hydrogen-bond acceptors (Lipinski definition) is 3. The van der Waals surface area contributed by atoms with Crippen LogP contribution in [0.4, 0.5) is 0 Å². The van der Waals surface area contributed by atoms with Gasteiger partial charge >= 0.3 is 0 Å². The predicted molar refractivity (Wildman–Crippen MR) is 55.8 cm³/mol. The van der Waals surface area contributed by atoms with Crippen molar-refractivity contribution >= 4 is 0 Å². The van der Waals surface area contributed by atoms with Crippen LogP contribution in [0.3, 0.4) is 0 Å². The van der Waals surface area contributed by atoms with Crippen molar-refractivity contribution < 1.29 is 4.74 Å². The standard InChI is InChI=1S/C11H20N2O/c1-10(2,5-6-14-4)11(7-12)8-13(3)9-11/h5-6,8-9H2,1-4H3. The average molecular weight is 196 g/mol. The quantitative estimate of drug-likeness (QED) is 0.683. The van der Waals surface area contributed by atoms with Gasteiger partial charge in [0.2, 0.25) is 0 Å². The Labute approximate surface area is 86.6 Å². The summed E-state index contributed by atoms with van der Waals surface area (Å²) in [5.74, 6) is 0. The summed E-state index contributed by atoms with van der Waals surface area (Å²) >= 11 is 0. The van der Waals surface area contributed by atoms with Crippen molar-refractivity contribution in [3.05, 3.63) is 0 Å². The van der Waals surface area contributed by atoms with Gasteiger partial charge in [-0.1, -0.05) is 13.8 Å². The number of rotatable bonds is 4. The molecule has 0 aliphatic carbocycles. The summed E-state index contributed by atoms with van der Waals surface area (Å²) < 4.78 is 5.09. The fraction of sp³-hybridized carbons (Fsp3) is 0.909. The van der Waals surface area contributed by atoms with Crippen LogP contribution in [0.25, 0.3) is 0 Å². The molecule has 1 rings (SSSR count). The van der Waals surface area contributed by atoms with Crippen LogP contribution in [-0.2, 0) is 4.74 Å². The molecular weight excluding hydrogens is 176 g/mol. The van der Waals surface area contributed by atoms with Gasteiger partial charge in [0.1, 0.15) is 0 Å². The number of hydrogen-bond donors (Lipinski definition) is 0. The number of ether oxygens (including phenoxy) is 1. The van der Waals surface area contributed by atoms with Crippen molar-refractivity contribution in [3.63, 3.8) is 0 Å². The van der Waals surface area contributed by atoms with Crippen LogP contribution >= 0.6 is 0 Å². The summed E-state index contributed by atoms with van der Waals surface area (Å²) in [4.78, 5) is 2.19. The molecule has 0 saturated carbocycles. The minimum absolute atomic E-state index is 0.0459. The van der Waals surface area contributed by atoms with E-state index >= 15 is 0 Å². The van der Waals surface area contributed by atoms with E-state index < -0.39 is 0 Å². The number of methoxy groups -OCH3 is 1. The SMILES string of the molecule is COCCC(C)(C)C1(C#N)CN(C)C1. The Kier molecular flexibility index (Phi) is 3.18. The minimum atomic E-state index is -0.166. The van der Waals surface area contributed by atoms with Crippen molar-refractivity contribution in [2.45, 2.75) is 20.3 Å². The molecule has 1 aliphatic rings. The van der Waals surface area contributed by atoms with Crippen LogP contribution in [0.1, 0.15) is 20.3 Å². The number of likely N-dealkylation sites (tertiary alicyclic amines) is 1. The third kappa shape index (κ3) is 1.77. The van der Waals surface area contributed by atoms with E-state index in [1.807, 2.05) is 0 Å². The summed E-state index contributed by atoms with van der Waals surface area (Å²) in [5.41, 5.74) is -0.120. The van der Waals surface area contributed by atoms with Gasteiger partial charge in [0.25, 0.3) is 0 Å². The van der Waals surface area contributed by atoms with Crippen LogP contribution < -0.4 is 0 Å². The maximum absolute atomic E-state index is 9.27. The van der Waals surface area contributed by atoms with E-state index in [9.17, 15) is 5.26 Å². The highest BCUT2D eigenvalue weighted by Crippen LogP contribution is 2.47. The van der Waals surface area contributed by atoms with Gasteiger partial charge in [0.15, 0.2) is 0 Å². The van der Waals surface area contributed by atoms with E-state index in [4.69, 9.17) is 4.74 Å². The van der Waals surface area contributed by atoms with Gasteiger partial charge in [-0.25, -0.2) is 0 Å². The monoisotopic (exact) mass is 196 g/mol. The molecule has 0 amide bonds. The van der Waals surface area contributed by atoms with Crippen molar-refractivity contribution in [1.29, 1.82) is 5.26 Å². The molecule has 0 unspecified atom stereocenters. The predicted octanol–water partition coefficient (Wildman–Crippen LogP) is 1.50. The molecule has 0 bridgehead atoms. The zero-order valence-electron chi connectivity index (χ0n) is 9.63. The average Bonchev–Trinajstić information content (AvgIpc) is 2.09. The lowest BCUT2D eigenvalue weighted by molar-refractivity contribution is -0.0421. The Morgan fingerprint density at radius 1 is 1.50 bits per heavy atom. The lowest BCUT2D eigenvalue weighted by Crippen LogP contribution is -2.60. The van der Waals surface area contributed by atoms with Crippen LogP contribution in [-0.4, -0.2) is 38.8 Å². The first-order chi connectivity index (χ1) is 6.47. The number of nitriles is 1. The van der Waals surface area contributed by atoms with Crippen molar-refractivity contribution in [1.82, 2.24) is 4.90 Å². The molecule has 0 aromatic carbocycles. The van der Waals surface area contributed by atoms with Crippen LogP contribution in [0.2, 0.25) is 0 Å². The molecule has 0 atom stereocenters. The Bertz CT molecular complexity index is 236. The Balaban J connectivity index is 2.65. The highest BCUT2D eigenvalue weighted by atomic mass is 16.5. The highest BCUT2D eigenvalue weighted by molar-refractivity contribution is 5.15. The van der Waals surface area contributed by atoms with Gasteiger partial charge in [-0.2, -0.15) is 5.26 Å². The van der Waals surface area contributed by atoms with E-state index in [1.54, 1.807) is 7.11 Å². The van der Waals surface area contributed by atoms with Gasteiger partial charge in [-0.05, 0) is 18.9 Å². The second-order valence-corrected chi connectivity index (χ2v) is 4.99. The van der Waals surface area contributed by atoms with Crippen LogP contribution in [0.5, 0.6) is 0 Å². The van der Waals surface area contributed by atoms with Crippen LogP contribution in [0.15, 0.2) is 0 Å². The summed E-state index contributed by atoms with van der Waals surface area (Å²) in [6, 6.07) is 2.50. The summed E-state index contributed by atoms with van der Waals surface area (Å²) in [7, 11) is 3.77. The van der Waals surface area contributed by atoms with Crippen LogP contribution in [0, 0.1) is 22.2 Å². The van der Waals surface area contributed by atoms with Crippen molar-refractivity contribution in [2.24, 2.45) is 10.8 Å². The molecule has 0 radical (unpaired) electrons. The molecule has 1 heterocycles. The Morgan fingerprint density at radius 2 is 2.07 bits per heavy atom. The lowest BCUT2D eigenvalue weighted by Gasteiger charge is -2.53. The second kappa shape index (κ2) is 3.88. The molecule has 3 nitrogen and oxygen atoms in total. The second-order valence-electron chi connectivity index (χ2n) is 4.99. The Hall–Kier alpha value is -0.590. The summed E-state index contributed by atoms with van der Waals surface area (Å²) in [6.45, 7) is 6.85. The van der Waals surface area contributed by atoms with Gasteiger partial charge in [-0.15, -0.1) is 0 Å². The molecule has 0 aromatic rings. The van der Waals surface area contributed by atoms with Gasteiger partial charge in [-0.3, -0.25) is 0 Å². The van der Waals surface area contributed by atoms with Crippen molar-refractivity contribution in [2.75, 3.05) is 33.9 Å². The molecule has 0 spiro atoms. The molecule has 1 saturated heterocycles. The zero-order chi connectivity index (χ0) is 10.8. The van der Waals surface area contributed by atoms with E-state index in [1.165, 1.54) is 0 Å². The number of nitrogens with zero attached hydrogens (tertiary/aromatic N) is 2. The molecule has 1 aliphatic heterocycles. The third-order valence-electron chi connectivity index (χ3n) is 3.52. The molecule has 14 heavy (non-hydrogen) atoms. The molecular formula is C11H20N2O. The minimum Gasteiger partial charge on any atom is -0.385 e. The van der Waals surface area contributed by atoms with Crippen molar-refractivity contribution in [3.8, 4) is 6.07 Å². The zero-order valence-corrected chi connectivity index (χ0v) is 9.63. The first kappa shape index (κ1) is 11.5. The summed E-state index contributed by atoms with van der Waals surface area (Å²) in [6.07, 6.45) is 0.949. The Morgan fingerprint density at radius 3 is 2.43 bits per heavy atom. The third-order valence-corrected chi connectivity index (χ3v) is 3.52. The molecule has 1 fully saturated rings. The van der Waals surface area contributed by atoms with E-state index in [0.29, 0.717) is 0 Å². The molecule has 0 N–H and O–H groups in total. The smallest absolute Gasteiger partial charge is 0.0878 e. The van der Waals surface area contributed by atoms with E-state index in [2.05, 4.69) is 31.9 Å².